The van der Waals surface area contributed by atoms with Crippen molar-refractivity contribution in [3.63, 3.8) is 0 Å². The first-order valence-electron chi connectivity index (χ1n) is 21.7. The molecule has 0 aliphatic carbocycles. The van der Waals surface area contributed by atoms with Crippen LogP contribution < -0.4 is 0 Å². The third-order valence-electron chi connectivity index (χ3n) is 9.52. The number of carbonyl (C=O) groups is 8. The first-order valence-corrected chi connectivity index (χ1v) is 21.7. The maximum Gasteiger partial charge on any atom is 0.310 e. The molecule has 2 aliphatic rings. The fourth-order valence-electron chi connectivity index (χ4n) is 5.47. The van der Waals surface area contributed by atoms with Crippen LogP contribution in [0, 0.1) is 47.3 Å². The van der Waals surface area contributed by atoms with Crippen LogP contribution in [-0.2, 0) is 90.5 Å². The van der Waals surface area contributed by atoms with Crippen LogP contribution in [-0.4, -0.2) is 122 Å². The Hall–Kier alpha value is -4.36. The quantitative estimate of drug-likeness (QED) is 0.123. The largest absolute Gasteiger partial charge is 0.463 e. The molecule has 0 saturated carbocycles. The molecule has 0 bridgehead atoms. The predicted octanol–water partition coefficient (Wildman–Crippen LogP) is 4.26. The zero-order valence-electron chi connectivity index (χ0n) is 39.6. The second-order valence-corrected chi connectivity index (χ2v) is 18.1. The molecule has 0 unspecified atom stereocenters. The lowest BCUT2D eigenvalue weighted by Gasteiger charge is -2.49. The normalized spacial score (nSPS) is 26.2. The van der Waals surface area contributed by atoms with Gasteiger partial charge in [0.05, 0.1) is 47.3 Å². The van der Waals surface area contributed by atoms with Crippen molar-refractivity contribution in [1.82, 2.24) is 0 Å². The third kappa shape index (κ3) is 16.0. The second kappa shape index (κ2) is 24.6. The average Bonchev–Trinajstić information content (AvgIpc) is 3.19. The number of hydrogen-bond acceptors (Lipinski definition) is 19. The maximum absolute atomic E-state index is 13.6. The zero-order chi connectivity index (χ0) is 48.2. The van der Waals surface area contributed by atoms with Gasteiger partial charge in [0.2, 0.25) is 12.4 Å². The zero-order valence-corrected chi connectivity index (χ0v) is 39.6. The minimum atomic E-state index is -1.89. The van der Waals surface area contributed by atoms with Gasteiger partial charge in [0.25, 0.3) is 0 Å². The number of carbonyl (C=O) groups excluding carboxylic acids is 8. The van der Waals surface area contributed by atoms with Crippen molar-refractivity contribution in [3.05, 3.63) is 0 Å². The SMILES string of the molecule is CC(C)C(=O)OC[C@H]1O[C@@H](O[C@H]2[C@H](OC(=O)C(C)C)[C@@H](OC(=O)C(C)C)[C@H](OC(=O)C(C)C)O[C@@H]2COC(=O)C(C)C)[C@H](OC(=O)C(C)C)[C@@H](OC(=O)C(C)C)[C@@H]1OC(=O)C(C)C. The molecule has 360 valence electrons. The van der Waals surface area contributed by atoms with Gasteiger partial charge in [-0.25, -0.2) is 0 Å². The highest BCUT2D eigenvalue weighted by Gasteiger charge is 2.59. The lowest BCUT2D eigenvalue weighted by Crippen LogP contribution is -2.68. The standard InChI is InChI=1S/C44H70O19/c1-19(2)35(45)53-17-27-29(57-37(47)21(5)6)31(58-38(48)22(7)8)33(60-40(50)24(11)12)43(55-27)62-30-28(18-54-36(46)20(3)4)56-44(63-42(52)26(15)16)34(61-41(51)25(13)14)32(30)59-39(49)23(9)10/h19-34,43-44H,17-18H2,1-16H3/t27-,28-,29-,30-,31+,32+,33-,34-,43+,44+/m1/s1. The molecule has 2 aliphatic heterocycles. The molecule has 0 spiro atoms. The first-order chi connectivity index (χ1) is 29.2. The Labute approximate surface area is 370 Å². The Bertz CT molecular complexity index is 1580. The van der Waals surface area contributed by atoms with Crippen molar-refractivity contribution in [2.45, 2.75) is 172 Å². The van der Waals surface area contributed by atoms with Crippen LogP contribution in [0.2, 0.25) is 0 Å². The molecular formula is C44H70O19. The monoisotopic (exact) mass is 902 g/mol. The third-order valence-corrected chi connectivity index (χ3v) is 9.52. The predicted molar refractivity (Wildman–Crippen MR) is 218 cm³/mol. The van der Waals surface area contributed by atoms with Crippen LogP contribution in [0.5, 0.6) is 0 Å². The van der Waals surface area contributed by atoms with Crippen LogP contribution >= 0.6 is 0 Å². The van der Waals surface area contributed by atoms with Crippen LogP contribution in [0.15, 0.2) is 0 Å². The summed E-state index contributed by atoms with van der Waals surface area (Å²) in [4.78, 5) is 106. The molecule has 19 nitrogen and oxygen atoms in total. The van der Waals surface area contributed by atoms with Crippen molar-refractivity contribution in [2.24, 2.45) is 47.3 Å². The molecule has 0 amide bonds. The van der Waals surface area contributed by atoms with E-state index in [9.17, 15) is 38.4 Å². The molecule has 2 fully saturated rings. The molecule has 0 aromatic heterocycles. The van der Waals surface area contributed by atoms with E-state index in [-0.39, 0.29) is 0 Å². The van der Waals surface area contributed by atoms with Crippen molar-refractivity contribution in [3.8, 4) is 0 Å². The highest BCUT2D eigenvalue weighted by atomic mass is 16.8. The van der Waals surface area contributed by atoms with Gasteiger partial charge in [-0.3, -0.25) is 38.4 Å². The molecule has 0 aromatic carbocycles. The second-order valence-electron chi connectivity index (χ2n) is 18.1. The van der Waals surface area contributed by atoms with Gasteiger partial charge in [-0.1, -0.05) is 111 Å². The van der Waals surface area contributed by atoms with Gasteiger partial charge in [-0.05, 0) is 0 Å². The molecular weight excluding hydrogens is 832 g/mol. The molecule has 2 saturated heterocycles. The summed E-state index contributed by atoms with van der Waals surface area (Å²) in [6, 6.07) is 0. The van der Waals surface area contributed by atoms with Crippen molar-refractivity contribution >= 4 is 47.8 Å². The Morgan fingerprint density at radius 2 is 0.571 bits per heavy atom. The molecule has 0 radical (unpaired) electrons. The number of esters is 8. The van der Waals surface area contributed by atoms with E-state index in [2.05, 4.69) is 0 Å². The lowest BCUT2D eigenvalue weighted by molar-refractivity contribution is -0.359. The minimum Gasteiger partial charge on any atom is -0.463 e. The summed E-state index contributed by atoms with van der Waals surface area (Å²) < 4.78 is 65.9. The van der Waals surface area contributed by atoms with E-state index >= 15 is 0 Å². The van der Waals surface area contributed by atoms with Gasteiger partial charge in [-0.2, -0.15) is 0 Å². The van der Waals surface area contributed by atoms with E-state index in [0.29, 0.717) is 0 Å². The summed E-state index contributed by atoms with van der Waals surface area (Å²) in [6.07, 6.45) is -16.9. The summed E-state index contributed by atoms with van der Waals surface area (Å²) in [5.41, 5.74) is 0. The Morgan fingerprint density at radius 3 is 0.921 bits per heavy atom. The van der Waals surface area contributed by atoms with Crippen LogP contribution in [0.1, 0.15) is 111 Å². The van der Waals surface area contributed by atoms with Gasteiger partial charge < -0.3 is 52.1 Å². The number of hydrogen-bond donors (Lipinski definition) is 0. The lowest BCUT2D eigenvalue weighted by atomic mass is 9.95. The molecule has 2 rings (SSSR count). The Morgan fingerprint density at radius 1 is 0.317 bits per heavy atom. The van der Waals surface area contributed by atoms with Gasteiger partial charge >= 0.3 is 47.8 Å². The van der Waals surface area contributed by atoms with Crippen molar-refractivity contribution in [2.75, 3.05) is 13.2 Å². The van der Waals surface area contributed by atoms with Gasteiger partial charge in [0, 0.05) is 0 Å². The summed E-state index contributed by atoms with van der Waals surface area (Å²) in [5, 5.41) is 0. The summed E-state index contributed by atoms with van der Waals surface area (Å²) in [7, 11) is 0. The van der Waals surface area contributed by atoms with E-state index in [0.717, 1.165) is 0 Å². The molecule has 0 aromatic rings. The highest BCUT2D eigenvalue weighted by Crippen LogP contribution is 2.37. The highest BCUT2D eigenvalue weighted by molar-refractivity contribution is 5.75. The maximum atomic E-state index is 13.6. The molecule has 10 atom stereocenters. The minimum absolute atomic E-state index is 0.599. The topological polar surface area (TPSA) is 238 Å². The summed E-state index contributed by atoms with van der Waals surface area (Å²) in [6.45, 7) is 23.6. The average molecular weight is 903 g/mol. The molecule has 2 heterocycles. The Balaban J connectivity index is 3.04. The van der Waals surface area contributed by atoms with Crippen molar-refractivity contribution < 1.29 is 90.5 Å². The molecule has 19 heteroatoms. The summed E-state index contributed by atoms with van der Waals surface area (Å²) >= 11 is 0. The van der Waals surface area contributed by atoms with E-state index < -0.39 is 170 Å². The van der Waals surface area contributed by atoms with Crippen LogP contribution in [0.3, 0.4) is 0 Å². The fraction of sp³-hybridized carbons (Fsp3) is 0.818. The van der Waals surface area contributed by atoms with E-state index in [4.69, 9.17) is 52.1 Å². The van der Waals surface area contributed by atoms with Crippen molar-refractivity contribution in [1.29, 1.82) is 0 Å². The molecule has 0 N–H and O–H groups in total. The van der Waals surface area contributed by atoms with Crippen LogP contribution in [0.25, 0.3) is 0 Å². The van der Waals surface area contributed by atoms with E-state index in [1.807, 2.05) is 0 Å². The fourth-order valence-corrected chi connectivity index (χ4v) is 5.47. The number of ether oxygens (including phenoxy) is 11. The number of rotatable bonds is 20. The van der Waals surface area contributed by atoms with Gasteiger partial charge in [-0.15, -0.1) is 0 Å². The van der Waals surface area contributed by atoms with E-state index in [1.54, 1.807) is 69.2 Å². The first kappa shape index (κ1) is 54.8. The van der Waals surface area contributed by atoms with Gasteiger partial charge in [0.1, 0.15) is 31.5 Å². The van der Waals surface area contributed by atoms with Crippen LogP contribution in [0.4, 0.5) is 0 Å². The van der Waals surface area contributed by atoms with Gasteiger partial charge in [0.15, 0.2) is 30.7 Å². The van der Waals surface area contributed by atoms with E-state index in [1.165, 1.54) is 41.5 Å². The smallest absolute Gasteiger partial charge is 0.310 e. The summed E-state index contributed by atoms with van der Waals surface area (Å²) in [5.74, 6) is -12.0. The molecule has 63 heavy (non-hydrogen) atoms. The Kier molecular flexibility index (Phi) is 21.4.